The van der Waals surface area contributed by atoms with Gasteiger partial charge in [0.15, 0.2) is 11.5 Å². The van der Waals surface area contributed by atoms with E-state index < -0.39 is 10.0 Å². The van der Waals surface area contributed by atoms with Crippen LogP contribution in [0.3, 0.4) is 0 Å². The number of hydrogen-bond donors (Lipinski definition) is 0. The van der Waals surface area contributed by atoms with Gasteiger partial charge in [-0.1, -0.05) is 23.2 Å². The minimum Gasteiger partial charge on any atom is -0.493 e. The van der Waals surface area contributed by atoms with Gasteiger partial charge in [-0.25, -0.2) is 8.42 Å². The predicted molar refractivity (Wildman–Crippen MR) is 102 cm³/mol. The molecule has 0 spiro atoms. The molecule has 140 valence electrons. The Hall–Kier alpha value is -1.47. The van der Waals surface area contributed by atoms with E-state index in [4.69, 9.17) is 32.7 Å². The summed E-state index contributed by atoms with van der Waals surface area (Å²) in [6.07, 6.45) is 0.584. The molecule has 5 nitrogen and oxygen atoms in total. The van der Waals surface area contributed by atoms with Crippen molar-refractivity contribution in [1.82, 2.24) is 4.31 Å². The van der Waals surface area contributed by atoms with Gasteiger partial charge in [0, 0.05) is 12.6 Å². The molecule has 1 heterocycles. The second-order valence-corrected chi connectivity index (χ2v) is 8.73. The highest BCUT2D eigenvalue weighted by Gasteiger charge is 2.35. The maximum absolute atomic E-state index is 13.1. The highest BCUT2D eigenvalue weighted by Crippen LogP contribution is 2.40. The van der Waals surface area contributed by atoms with Crippen molar-refractivity contribution >= 4 is 33.2 Å². The molecule has 26 heavy (non-hydrogen) atoms. The van der Waals surface area contributed by atoms with Crippen molar-refractivity contribution < 1.29 is 17.9 Å². The van der Waals surface area contributed by atoms with Gasteiger partial charge in [-0.2, -0.15) is 4.31 Å². The molecule has 0 aliphatic carbocycles. The van der Waals surface area contributed by atoms with Gasteiger partial charge in [0.2, 0.25) is 10.0 Å². The van der Waals surface area contributed by atoms with Gasteiger partial charge in [-0.15, -0.1) is 0 Å². The molecule has 8 heteroatoms. The highest BCUT2D eigenvalue weighted by atomic mass is 35.5. The SMILES string of the molecule is COc1cc2c(cc1OC)C(C)N(S(=O)(=O)c1ccc(Cl)c(Cl)c1)CC2. The maximum Gasteiger partial charge on any atom is 0.243 e. The molecule has 2 aromatic carbocycles. The van der Waals surface area contributed by atoms with Crippen LogP contribution < -0.4 is 9.47 Å². The van der Waals surface area contributed by atoms with Crippen molar-refractivity contribution in [1.29, 1.82) is 0 Å². The van der Waals surface area contributed by atoms with Crippen molar-refractivity contribution in [2.45, 2.75) is 24.3 Å². The zero-order valence-corrected chi connectivity index (χ0v) is 17.0. The van der Waals surface area contributed by atoms with E-state index in [0.717, 1.165) is 11.1 Å². The molecule has 1 aliphatic heterocycles. The molecule has 3 rings (SSSR count). The molecular formula is C18H19Cl2NO4S. The summed E-state index contributed by atoms with van der Waals surface area (Å²) in [5, 5.41) is 0.531. The number of fused-ring (bicyclic) bond motifs is 1. The molecule has 1 atom stereocenters. The number of methoxy groups -OCH3 is 2. The van der Waals surface area contributed by atoms with Crippen LogP contribution in [-0.2, 0) is 16.4 Å². The average molecular weight is 416 g/mol. The summed E-state index contributed by atoms with van der Waals surface area (Å²) in [7, 11) is -0.572. The summed E-state index contributed by atoms with van der Waals surface area (Å²) >= 11 is 11.9. The summed E-state index contributed by atoms with van der Waals surface area (Å²) in [4.78, 5) is 0.127. The van der Waals surface area contributed by atoms with Crippen LogP contribution in [0.2, 0.25) is 10.0 Å². The number of sulfonamides is 1. The van der Waals surface area contributed by atoms with Gasteiger partial charge in [-0.3, -0.25) is 0 Å². The summed E-state index contributed by atoms with van der Waals surface area (Å²) in [6, 6.07) is 7.75. The van der Waals surface area contributed by atoms with Gasteiger partial charge in [-0.05, 0) is 54.8 Å². The molecule has 0 bridgehead atoms. The quantitative estimate of drug-likeness (QED) is 0.745. The first-order valence-electron chi connectivity index (χ1n) is 8.01. The molecule has 0 aromatic heterocycles. The number of nitrogens with zero attached hydrogens (tertiary/aromatic N) is 1. The standard InChI is InChI=1S/C18H19Cl2NO4S/c1-11-14-10-18(25-3)17(24-2)8-12(14)6-7-21(11)26(22,23)13-4-5-15(19)16(20)9-13/h4-5,8-11H,6-7H2,1-3H3. The van der Waals surface area contributed by atoms with Crippen LogP contribution in [0.1, 0.15) is 24.1 Å². The van der Waals surface area contributed by atoms with Crippen LogP contribution in [-0.4, -0.2) is 33.5 Å². The van der Waals surface area contributed by atoms with Crippen molar-refractivity contribution in [3.05, 3.63) is 51.5 Å². The lowest BCUT2D eigenvalue weighted by Gasteiger charge is -2.34. The van der Waals surface area contributed by atoms with Crippen LogP contribution >= 0.6 is 23.2 Å². The molecule has 1 unspecified atom stereocenters. The molecule has 2 aromatic rings. The van der Waals surface area contributed by atoms with Crippen molar-refractivity contribution in [3.8, 4) is 11.5 Å². The Morgan fingerprint density at radius 2 is 1.69 bits per heavy atom. The lowest BCUT2D eigenvalue weighted by atomic mass is 9.94. The normalized spacial score (nSPS) is 17.7. The van der Waals surface area contributed by atoms with Gasteiger partial charge in [0.05, 0.1) is 29.2 Å². The number of ether oxygens (including phenoxy) is 2. The Morgan fingerprint density at radius 3 is 2.31 bits per heavy atom. The van der Waals surface area contributed by atoms with E-state index in [2.05, 4.69) is 0 Å². The van der Waals surface area contributed by atoms with Crippen LogP contribution in [0.4, 0.5) is 0 Å². The largest absolute Gasteiger partial charge is 0.493 e. The van der Waals surface area contributed by atoms with E-state index in [1.165, 1.54) is 22.5 Å². The second-order valence-electron chi connectivity index (χ2n) is 6.02. The Balaban J connectivity index is 2.02. The third kappa shape index (κ3) is 3.27. The van der Waals surface area contributed by atoms with E-state index in [9.17, 15) is 8.42 Å². The first kappa shape index (κ1) is 19.3. The Bertz CT molecular complexity index is 946. The van der Waals surface area contributed by atoms with Gasteiger partial charge in [0.25, 0.3) is 0 Å². The lowest BCUT2D eigenvalue weighted by Crippen LogP contribution is -2.38. The van der Waals surface area contributed by atoms with Gasteiger partial charge in [0.1, 0.15) is 0 Å². The molecule has 1 aliphatic rings. The Labute approximate surface area is 163 Å². The third-order valence-corrected chi connectivity index (χ3v) is 7.33. The van der Waals surface area contributed by atoms with E-state index >= 15 is 0 Å². The molecule has 0 radical (unpaired) electrons. The second kappa shape index (κ2) is 7.27. The first-order chi connectivity index (χ1) is 12.3. The number of hydrogen-bond acceptors (Lipinski definition) is 4. The summed E-state index contributed by atoms with van der Waals surface area (Å²) in [5.41, 5.74) is 1.95. The van der Waals surface area contributed by atoms with Crippen molar-refractivity contribution in [3.63, 3.8) is 0 Å². The molecule has 0 saturated carbocycles. The van der Waals surface area contributed by atoms with Gasteiger partial charge < -0.3 is 9.47 Å². The first-order valence-corrected chi connectivity index (χ1v) is 10.2. The predicted octanol–water partition coefficient (Wildman–Crippen LogP) is 4.32. The fourth-order valence-corrected chi connectivity index (χ4v) is 5.22. The fourth-order valence-electron chi connectivity index (χ4n) is 3.22. The topological polar surface area (TPSA) is 55.8 Å². The molecule has 0 saturated heterocycles. The van der Waals surface area contributed by atoms with Crippen LogP contribution in [0.5, 0.6) is 11.5 Å². The Morgan fingerprint density at radius 1 is 1.04 bits per heavy atom. The number of halogens is 2. The summed E-state index contributed by atoms with van der Waals surface area (Å²) in [5.74, 6) is 1.21. The molecular weight excluding hydrogens is 397 g/mol. The van der Waals surface area contributed by atoms with Gasteiger partial charge >= 0.3 is 0 Å². The van der Waals surface area contributed by atoms with Crippen LogP contribution in [0.25, 0.3) is 0 Å². The highest BCUT2D eigenvalue weighted by molar-refractivity contribution is 7.89. The van der Waals surface area contributed by atoms with Crippen LogP contribution in [0.15, 0.2) is 35.2 Å². The maximum atomic E-state index is 13.1. The molecule has 0 N–H and O–H groups in total. The number of rotatable bonds is 4. The fraction of sp³-hybridized carbons (Fsp3) is 0.333. The zero-order chi connectivity index (χ0) is 19.1. The van der Waals surface area contributed by atoms with Crippen molar-refractivity contribution in [2.24, 2.45) is 0 Å². The molecule has 0 fully saturated rings. The van der Waals surface area contributed by atoms with E-state index in [1.807, 2.05) is 19.1 Å². The zero-order valence-electron chi connectivity index (χ0n) is 14.6. The van der Waals surface area contributed by atoms with Crippen LogP contribution in [0, 0.1) is 0 Å². The molecule has 0 amide bonds. The monoisotopic (exact) mass is 415 g/mol. The minimum atomic E-state index is -3.71. The van der Waals surface area contributed by atoms with E-state index in [0.29, 0.717) is 29.5 Å². The Kier molecular flexibility index (Phi) is 5.40. The van der Waals surface area contributed by atoms with E-state index in [-0.39, 0.29) is 16.0 Å². The third-order valence-electron chi connectivity index (χ3n) is 4.63. The van der Waals surface area contributed by atoms with E-state index in [1.54, 1.807) is 14.2 Å². The lowest BCUT2D eigenvalue weighted by molar-refractivity contribution is 0.319. The average Bonchev–Trinajstić information content (AvgIpc) is 2.62. The summed E-state index contributed by atoms with van der Waals surface area (Å²) < 4.78 is 38.4. The van der Waals surface area contributed by atoms with Crippen molar-refractivity contribution in [2.75, 3.05) is 20.8 Å². The number of benzene rings is 2. The summed E-state index contributed by atoms with van der Waals surface area (Å²) in [6.45, 7) is 2.23. The smallest absolute Gasteiger partial charge is 0.243 e. The minimum absolute atomic E-state index is 0.127.